The van der Waals surface area contributed by atoms with E-state index in [1.165, 1.54) is 24.3 Å². The van der Waals surface area contributed by atoms with Gasteiger partial charge < -0.3 is 37.9 Å². The monoisotopic (exact) mass is 556 g/mol. The Kier molecular flexibility index (Phi) is 10.5. The SMILES string of the molecule is C=CC(=O)OCCCCOC(=O)Oc1ccc(C(=O)O[C@@H]2CCO[C@@H]3CO[C@@H](c4ccc(OC)cc4)O[C@H]32)cc1. The summed E-state index contributed by atoms with van der Waals surface area (Å²) in [5.41, 5.74) is 1.11. The first-order valence-corrected chi connectivity index (χ1v) is 12.9. The van der Waals surface area contributed by atoms with Gasteiger partial charge in [0.2, 0.25) is 0 Å². The number of carbonyl (C=O) groups is 3. The van der Waals surface area contributed by atoms with Crippen molar-refractivity contribution < 1.29 is 52.3 Å². The lowest BCUT2D eigenvalue weighted by Gasteiger charge is -2.42. The van der Waals surface area contributed by atoms with Crippen LogP contribution in [0.3, 0.4) is 0 Å². The Morgan fingerprint density at radius 1 is 0.950 bits per heavy atom. The molecular formula is C29H32O11. The van der Waals surface area contributed by atoms with Crippen LogP contribution in [0.4, 0.5) is 4.79 Å². The zero-order valence-corrected chi connectivity index (χ0v) is 22.2. The van der Waals surface area contributed by atoms with E-state index in [0.717, 1.165) is 17.4 Å². The zero-order valence-electron chi connectivity index (χ0n) is 22.2. The van der Waals surface area contributed by atoms with Gasteiger partial charge in [-0.05, 0) is 49.2 Å². The summed E-state index contributed by atoms with van der Waals surface area (Å²) in [4.78, 5) is 35.8. The van der Waals surface area contributed by atoms with Gasteiger partial charge in [-0.3, -0.25) is 0 Å². The van der Waals surface area contributed by atoms with Crippen molar-refractivity contribution in [2.24, 2.45) is 0 Å². The molecule has 0 unspecified atom stereocenters. The molecule has 0 bridgehead atoms. The highest BCUT2D eigenvalue weighted by molar-refractivity contribution is 5.89. The number of methoxy groups -OCH3 is 1. The molecule has 0 radical (unpaired) electrons. The third-order valence-electron chi connectivity index (χ3n) is 6.27. The highest BCUT2D eigenvalue weighted by atomic mass is 16.7. The van der Waals surface area contributed by atoms with Gasteiger partial charge in [-0.15, -0.1) is 0 Å². The van der Waals surface area contributed by atoms with E-state index >= 15 is 0 Å². The number of hydrogen-bond acceptors (Lipinski definition) is 11. The maximum atomic E-state index is 12.9. The predicted molar refractivity (Wildman–Crippen MR) is 139 cm³/mol. The fourth-order valence-electron chi connectivity index (χ4n) is 4.16. The summed E-state index contributed by atoms with van der Waals surface area (Å²) in [5.74, 6) is -0.102. The highest BCUT2D eigenvalue weighted by Crippen LogP contribution is 2.34. The van der Waals surface area contributed by atoms with Crippen LogP contribution < -0.4 is 9.47 Å². The summed E-state index contributed by atoms with van der Waals surface area (Å²) in [7, 11) is 1.60. The van der Waals surface area contributed by atoms with Crippen molar-refractivity contribution in [3.05, 3.63) is 72.3 Å². The Morgan fingerprint density at radius 3 is 2.35 bits per heavy atom. The van der Waals surface area contributed by atoms with Gasteiger partial charge >= 0.3 is 18.1 Å². The summed E-state index contributed by atoms with van der Waals surface area (Å²) in [5, 5.41) is 0. The van der Waals surface area contributed by atoms with Crippen LogP contribution in [0.2, 0.25) is 0 Å². The third-order valence-corrected chi connectivity index (χ3v) is 6.27. The molecule has 0 N–H and O–H groups in total. The van der Waals surface area contributed by atoms with Crippen LogP contribution in [0.15, 0.2) is 61.2 Å². The molecule has 2 saturated heterocycles. The Hall–Kier alpha value is -3.93. The lowest BCUT2D eigenvalue weighted by molar-refractivity contribution is -0.298. The van der Waals surface area contributed by atoms with Gasteiger partial charge in [0.25, 0.3) is 0 Å². The van der Waals surface area contributed by atoms with Gasteiger partial charge in [-0.2, -0.15) is 0 Å². The molecule has 2 aliphatic heterocycles. The van der Waals surface area contributed by atoms with E-state index in [4.69, 9.17) is 37.9 Å². The van der Waals surface area contributed by atoms with Crippen molar-refractivity contribution in [2.45, 2.75) is 43.9 Å². The molecule has 0 aliphatic carbocycles. The zero-order chi connectivity index (χ0) is 28.3. The average Bonchev–Trinajstić information content (AvgIpc) is 2.99. The van der Waals surface area contributed by atoms with E-state index in [1.54, 1.807) is 7.11 Å². The number of ether oxygens (including phenoxy) is 8. The Bertz CT molecular complexity index is 1150. The maximum Gasteiger partial charge on any atom is 0.513 e. The van der Waals surface area contributed by atoms with Crippen LogP contribution in [-0.2, 0) is 33.2 Å². The molecule has 0 aromatic heterocycles. The number of hydrogen-bond donors (Lipinski definition) is 0. The smallest absolute Gasteiger partial charge is 0.497 e. The largest absolute Gasteiger partial charge is 0.513 e. The van der Waals surface area contributed by atoms with Gasteiger partial charge in [0.05, 0.1) is 39.1 Å². The first-order valence-electron chi connectivity index (χ1n) is 12.9. The molecule has 11 nitrogen and oxygen atoms in total. The fourth-order valence-corrected chi connectivity index (χ4v) is 4.16. The minimum Gasteiger partial charge on any atom is -0.497 e. The lowest BCUT2D eigenvalue weighted by Crippen LogP contribution is -2.53. The quantitative estimate of drug-likeness (QED) is 0.130. The molecular weight excluding hydrogens is 524 g/mol. The molecule has 40 heavy (non-hydrogen) atoms. The number of rotatable bonds is 11. The van der Waals surface area contributed by atoms with Gasteiger partial charge in [0.15, 0.2) is 6.29 Å². The molecule has 11 heteroatoms. The van der Waals surface area contributed by atoms with Crippen molar-refractivity contribution >= 4 is 18.1 Å². The van der Waals surface area contributed by atoms with Crippen molar-refractivity contribution in [2.75, 3.05) is 33.5 Å². The molecule has 0 spiro atoms. The molecule has 4 rings (SSSR count). The second kappa shape index (κ2) is 14.5. The van der Waals surface area contributed by atoms with E-state index in [-0.39, 0.29) is 30.6 Å². The van der Waals surface area contributed by atoms with Gasteiger partial charge in [0.1, 0.15) is 29.8 Å². The van der Waals surface area contributed by atoms with Gasteiger partial charge in [0, 0.05) is 18.1 Å². The second-order valence-electron chi connectivity index (χ2n) is 8.98. The summed E-state index contributed by atoms with van der Waals surface area (Å²) in [6.07, 6.45) is -0.300. The number of carbonyl (C=O) groups excluding carboxylic acids is 3. The minimum absolute atomic E-state index is 0.106. The number of unbranched alkanes of at least 4 members (excludes halogenated alkanes) is 1. The van der Waals surface area contributed by atoms with Gasteiger partial charge in [-0.25, -0.2) is 14.4 Å². The first kappa shape index (κ1) is 29.1. The Morgan fingerprint density at radius 2 is 1.65 bits per heavy atom. The van der Waals surface area contributed by atoms with E-state index < -0.39 is 36.6 Å². The Balaban J connectivity index is 1.24. The van der Waals surface area contributed by atoms with Crippen LogP contribution in [0.5, 0.6) is 11.5 Å². The first-order chi connectivity index (χ1) is 19.5. The summed E-state index contributed by atoms with van der Waals surface area (Å²) < 4.78 is 43.8. The maximum absolute atomic E-state index is 12.9. The molecule has 0 saturated carbocycles. The number of esters is 2. The number of benzene rings is 2. The fraction of sp³-hybridized carbons (Fsp3) is 0.414. The summed E-state index contributed by atoms with van der Waals surface area (Å²) >= 11 is 0. The van der Waals surface area contributed by atoms with Crippen molar-refractivity contribution in [1.82, 2.24) is 0 Å². The normalized spacial score (nSPS) is 21.8. The van der Waals surface area contributed by atoms with Crippen LogP contribution in [0.25, 0.3) is 0 Å². The molecule has 2 fully saturated rings. The van der Waals surface area contributed by atoms with Crippen LogP contribution in [0.1, 0.15) is 41.5 Å². The second-order valence-corrected chi connectivity index (χ2v) is 8.98. The third kappa shape index (κ3) is 8.04. The van der Waals surface area contributed by atoms with E-state index in [1.807, 2.05) is 24.3 Å². The van der Waals surface area contributed by atoms with Crippen molar-refractivity contribution in [3.8, 4) is 11.5 Å². The molecule has 2 aliphatic rings. The van der Waals surface area contributed by atoms with Crippen LogP contribution >= 0.6 is 0 Å². The molecule has 214 valence electrons. The minimum atomic E-state index is -0.880. The molecule has 2 heterocycles. The molecule has 4 atom stereocenters. The Labute approximate surface area is 231 Å². The average molecular weight is 557 g/mol. The van der Waals surface area contributed by atoms with Crippen LogP contribution in [0, 0.1) is 0 Å². The topological polar surface area (TPSA) is 125 Å². The molecule has 2 aromatic rings. The highest BCUT2D eigenvalue weighted by Gasteiger charge is 2.43. The van der Waals surface area contributed by atoms with E-state index in [2.05, 4.69) is 6.58 Å². The molecule has 2 aromatic carbocycles. The van der Waals surface area contributed by atoms with Crippen LogP contribution in [-0.4, -0.2) is 69.9 Å². The lowest BCUT2D eigenvalue weighted by atomic mass is 10.0. The van der Waals surface area contributed by atoms with Crippen molar-refractivity contribution in [3.63, 3.8) is 0 Å². The summed E-state index contributed by atoms with van der Waals surface area (Å²) in [6, 6.07) is 13.3. The van der Waals surface area contributed by atoms with Gasteiger partial charge in [-0.1, -0.05) is 18.7 Å². The number of fused-ring (bicyclic) bond motifs is 1. The standard InChI is InChI=1S/C29H32O11/c1-3-25(30)35-15-4-5-16-36-29(32)38-22-12-6-19(7-13-22)27(31)39-23-14-17-34-24-18-37-28(40-26(23)24)20-8-10-21(33-2)11-9-20/h3,6-13,23-24,26,28H,1,4-5,14-18H2,2H3/t23-,24-,26+,28-/m1/s1. The predicted octanol–water partition coefficient (Wildman–Crippen LogP) is 4.15. The van der Waals surface area contributed by atoms with E-state index in [0.29, 0.717) is 32.5 Å². The van der Waals surface area contributed by atoms with E-state index in [9.17, 15) is 14.4 Å². The summed E-state index contributed by atoms with van der Waals surface area (Å²) in [6.45, 7) is 4.34. The van der Waals surface area contributed by atoms with Crippen molar-refractivity contribution in [1.29, 1.82) is 0 Å². The molecule has 0 amide bonds.